The summed E-state index contributed by atoms with van der Waals surface area (Å²) in [6.07, 6.45) is 4.32. The highest BCUT2D eigenvalue weighted by Gasteiger charge is 1.98. The molecular formula is C13H12. The van der Waals surface area contributed by atoms with Crippen molar-refractivity contribution in [3.63, 3.8) is 0 Å². The summed E-state index contributed by atoms with van der Waals surface area (Å²) in [6.45, 7) is 2.11. The van der Waals surface area contributed by atoms with Gasteiger partial charge < -0.3 is 0 Å². The summed E-state index contributed by atoms with van der Waals surface area (Å²) in [6, 6.07) is 14.8. The maximum Gasteiger partial charge on any atom is 0.0168 e. The van der Waals surface area contributed by atoms with Crippen molar-refractivity contribution in [3.8, 4) is 0 Å². The average molecular weight is 168 g/mol. The summed E-state index contributed by atoms with van der Waals surface area (Å²) in [5.74, 6) is 0. The SMILES string of the molecule is CC[C]c1cccc2ccccc12. The van der Waals surface area contributed by atoms with E-state index < -0.39 is 0 Å². The summed E-state index contributed by atoms with van der Waals surface area (Å²) < 4.78 is 0. The van der Waals surface area contributed by atoms with E-state index in [1.165, 1.54) is 16.3 Å². The molecule has 2 aromatic rings. The minimum Gasteiger partial charge on any atom is -0.0645 e. The lowest BCUT2D eigenvalue weighted by atomic mass is 10.0. The Morgan fingerprint density at radius 2 is 1.77 bits per heavy atom. The van der Waals surface area contributed by atoms with Crippen molar-refractivity contribution in [2.75, 3.05) is 0 Å². The van der Waals surface area contributed by atoms with Gasteiger partial charge in [-0.2, -0.15) is 0 Å². The van der Waals surface area contributed by atoms with Gasteiger partial charge in [0.15, 0.2) is 0 Å². The van der Waals surface area contributed by atoms with Crippen LogP contribution in [0.3, 0.4) is 0 Å². The third-order valence-corrected chi connectivity index (χ3v) is 2.16. The highest BCUT2D eigenvalue weighted by atomic mass is 14.0. The standard InChI is InChI=1S/C13H12/c1-2-6-11-8-5-9-12-7-3-4-10-13(11)12/h3-5,7-10H,2H2,1H3. The van der Waals surface area contributed by atoms with Crippen LogP contribution < -0.4 is 0 Å². The van der Waals surface area contributed by atoms with E-state index in [-0.39, 0.29) is 0 Å². The van der Waals surface area contributed by atoms with Gasteiger partial charge in [0.1, 0.15) is 0 Å². The fraction of sp³-hybridized carbons (Fsp3) is 0.154. The lowest BCUT2D eigenvalue weighted by molar-refractivity contribution is 1.13. The van der Waals surface area contributed by atoms with E-state index in [1.54, 1.807) is 0 Å². The first kappa shape index (κ1) is 8.31. The molecule has 0 heteroatoms. The number of hydrogen-bond donors (Lipinski definition) is 0. The summed E-state index contributed by atoms with van der Waals surface area (Å²) in [4.78, 5) is 0. The first-order valence-electron chi connectivity index (χ1n) is 4.63. The van der Waals surface area contributed by atoms with Crippen molar-refractivity contribution >= 4 is 10.8 Å². The summed E-state index contributed by atoms with van der Waals surface area (Å²) >= 11 is 0. The molecule has 0 fully saturated rings. The van der Waals surface area contributed by atoms with Gasteiger partial charge in [0, 0.05) is 6.42 Å². The molecule has 2 radical (unpaired) electrons. The predicted molar refractivity (Wildman–Crippen MR) is 56.6 cm³/mol. The monoisotopic (exact) mass is 168 g/mol. The number of fused-ring (bicyclic) bond motifs is 1. The minimum absolute atomic E-state index is 0.966. The van der Waals surface area contributed by atoms with Gasteiger partial charge in [-0.1, -0.05) is 49.4 Å². The predicted octanol–water partition coefficient (Wildman–Crippen LogP) is 3.68. The molecule has 0 aliphatic carbocycles. The van der Waals surface area contributed by atoms with E-state index in [2.05, 4.69) is 55.8 Å². The fourth-order valence-corrected chi connectivity index (χ4v) is 1.57. The van der Waals surface area contributed by atoms with Crippen molar-refractivity contribution in [1.82, 2.24) is 0 Å². The van der Waals surface area contributed by atoms with Gasteiger partial charge in [-0.3, -0.25) is 0 Å². The fourth-order valence-electron chi connectivity index (χ4n) is 1.57. The van der Waals surface area contributed by atoms with Crippen LogP contribution in [0.15, 0.2) is 42.5 Å². The molecule has 0 amide bonds. The topological polar surface area (TPSA) is 0 Å². The summed E-state index contributed by atoms with van der Waals surface area (Å²) in [5.41, 5.74) is 1.22. The third kappa shape index (κ3) is 1.57. The molecule has 64 valence electrons. The number of rotatable bonds is 2. The minimum atomic E-state index is 0.966. The molecular weight excluding hydrogens is 156 g/mol. The second kappa shape index (κ2) is 3.61. The Hall–Kier alpha value is -1.30. The Morgan fingerprint density at radius 3 is 2.62 bits per heavy atom. The van der Waals surface area contributed by atoms with E-state index in [9.17, 15) is 0 Å². The summed E-state index contributed by atoms with van der Waals surface area (Å²) in [7, 11) is 0. The molecule has 0 nitrogen and oxygen atoms in total. The van der Waals surface area contributed by atoms with Crippen LogP contribution in [0.4, 0.5) is 0 Å². The average Bonchev–Trinajstić information content (AvgIpc) is 2.19. The Kier molecular flexibility index (Phi) is 2.31. The molecule has 2 aromatic carbocycles. The zero-order chi connectivity index (χ0) is 9.10. The third-order valence-electron chi connectivity index (χ3n) is 2.16. The van der Waals surface area contributed by atoms with Gasteiger partial charge in [0.2, 0.25) is 0 Å². The zero-order valence-corrected chi connectivity index (χ0v) is 7.75. The first-order chi connectivity index (χ1) is 6.42. The number of hydrogen-bond acceptors (Lipinski definition) is 0. The van der Waals surface area contributed by atoms with Gasteiger partial charge in [-0.25, -0.2) is 0 Å². The Bertz CT molecular complexity index is 396. The largest absolute Gasteiger partial charge is 0.0645 e. The summed E-state index contributed by atoms with van der Waals surface area (Å²) in [5, 5.41) is 2.59. The molecule has 0 aliphatic heterocycles. The molecule has 2 rings (SSSR count). The van der Waals surface area contributed by atoms with Crippen molar-refractivity contribution in [3.05, 3.63) is 54.4 Å². The molecule has 13 heavy (non-hydrogen) atoms. The molecule has 0 saturated carbocycles. The van der Waals surface area contributed by atoms with Crippen LogP contribution in [0, 0.1) is 6.42 Å². The quantitative estimate of drug-likeness (QED) is 0.641. The molecule has 0 aromatic heterocycles. The maximum absolute atomic E-state index is 3.35. The van der Waals surface area contributed by atoms with Crippen LogP contribution in [-0.4, -0.2) is 0 Å². The Balaban J connectivity index is 2.61. The van der Waals surface area contributed by atoms with Crippen LogP contribution in [0.1, 0.15) is 18.9 Å². The Morgan fingerprint density at radius 1 is 1.00 bits per heavy atom. The van der Waals surface area contributed by atoms with Gasteiger partial charge >= 0.3 is 0 Å². The van der Waals surface area contributed by atoms with Crippen LogP contribution in [0.25, 0.3) is 10.8 Å². The maximum atomic E-state index is 3.35. The molecule has 0 bridgehead atoms. The molecule has 0 N–H and O–H groups in total. The van der Waals surface area contributed by atoms with E-state index in [1.807, 2.05) is 0 Å². The second-order valence-corrected chi connectivity index (χ2v) is 3.06. The highest BCUT2D eigenvalue weighted by molar-refractivity contribution is 5.86. The molecule has 0 saturated heterocycles. The lowest BCUT2D eigenvalue weighted by Crippen LogP contribution is -1.82. The van der Waals surface area contributed by atoms with Crippen LogP contribution >= 0.6 is 0 Å². The molecule has 0 unspecified atom stereocenters. The van der Waals surface area contributed by atoms with Crippen LogP contribution in [-0.2, 0) is 0 Å². The smallest absolute Gasteiger partial charge is 0.0168 e. The van der Waals surface area contributed by atoms with Crippen molar-refractivity contribution < 1.29 is 0 Å². The zero-order valence-electron chi connectivity index (χ0n) is 7.75. The lowest BCUT2D eigenvalue weighted by Gasteiger charge is -2.03. The van der Waals surface area contributed by atoms with Crippen molar-refractivity contribution in [1.29, 1.82) is 0 Å². The van der Waals surface area contributed by atoms with Crippen molar-refractivity contribution in [2.45, 2.75) is 13.3 Å². The van der Waals surface area contributed by atoms with Gasteiger partial charge in [0.05, 0.1) is 0 Å². The van der Waals surface area contributed by atoms with Gasteiger partial charge in [-0.05, 0) is 22.8 Å². The number of benzene rings is 2. The molecule has 0 spiro atoms. The van der Waals surface area contributed by atoms with E-state index >= 15 is 0 Å². The van der Waals surface area contributed by atoms with Crippen molar-refractivity contribution in [2.24, 2.45) is 0 Å². The van der Waals surface area contributed by atoms with Gasteiger partial charge in [-0.15, -0.1) is 0 Å². The molecule has 0 aliphatic rings. The van der Waals surface area contributed by atoms with E-state index in [0.717, 1.165) is 6.42 Å². The Labute approximate surface area is 79.2 Å². The van der Waals surface area contributed by atoms with E-state index in [0.29, 0.717) is 0 Å². The molecule has 0 atom stereocenters. The second-order valence-electron chi connectivity index (χ2n) is 3.06. The van der Waals surface area contributed by atoms with E-state index in [4.69, 9.17) is 0 Å². The van der Waals surface area contributed by atoms with Crippen LogP contribution in [0.2, 0.25) is 0 Å². The highest BCUT2D eigenvalue weighted by Crippen LogP contribution is 2.20. The first-order valence-corrected chi connectivity index (χ1v) is 4.63. The van der Waals surface area contributed by atoms with Gasteiger partial charge in [0.25, 0.3) is 0 Å². The van der Waals surface area contributed by atoms with Crippen LogP contribution in [0.5, 0.6) is 0 Å². The normalized spacial score (nSPS) is 10.5. The molecule has 0 heterocycles.